The summed E-state index contributed by atoms with van der Waals surface area (Å²) >= 11 is 0. The summed E-state index contributed by atoms with van der Waals surface area (Å²) in [5.41, 5.74) is 2.91. The maximum absolute atomic E-state index is 12.2. The summed E-state index contributed by atoms with van der Waals surface area (Å²) < 4.78 is 11.2. The molecule has 4 aromatic rings. The Morgan fingerprint density at radius 3 is 2.73 bits per heavy atom. The normalized spacial score (nSPS) is 10.5. The molecular weight excluding hydrogens is 382 g/mol. The number of hydrogen-bond donors (Lipinski definition) is 2. The quantitative estimate of drug-likeness (QED) is 0.489. The summed E-state index contributed by atoms with van der Waals surface area (Å²) in [6, 6.07) is 14.1. The van der Waals surface area contributed by atoms with Crippen molar-refractivity contribution in [2.24, 2.45) is 0 Å². The van der Waals surface area contributed by atoms with Crippen LogP contribution in [0.15, 0.2) is 71.6 Å². The van der Waals surface area contributed by atoms with Crippen molar-refractivity contribution in [3.8, 4) is 22.9 Å². The van der Waals surface area contributed by atoms with Crippen LogP contribution in [0.1, 0.15) is 16.1 Å². The molecule has 150 valence electrons. The van der Waals surface area contributed by atoms with Crippen LogP contribution in [-0.4, -0.2) is 27.9 Å². The lowest BCUT2D eigenvalue weighted by Crippen LogP contribution is -2.10. The molecule has 3 aromatic heterocycles. The summed E-state index contributed by atoms with van der Waals surface area (Å²) in [6.45, 7) is 1.89. The first-order valence-corrected chi connectivity index (χ1v) is 9.23. The average molecular weight is 401 g/mol. The van der Waals surface area contributed by atoms with E-state index in [9.17, 15) is 4.79 Å². The fourth-order valence-electron chi connectivity index (χ4n) is 2.84. The Labute approximate surface area is 173 Å². The molecule has 3 heterocycles. The number of hydrogen-bond acceptors (Lipinski definition) is 7. The minimum Gasteiger partial charge on any atom is -0.459 e. The molecule has 8 nitrogen and oxygen atoms in total. The Bertz CT molecular complexity index is 1180. The monoisotopic (exact) mass is 401 g/mol. The first kappa shape index (κ1) is 19.1. The zero-order valence-electron chi connectivity index (χ0n) is 16.4. The maximum Gasteiger partial charge on any atom is 0.291 e. The number of aryl methyl sites for hydroxylation is 1. The third kappa shape index (κ3) is 4.12. The second-order valence-electron chi connectivity index (χ2n) is 6.39. The van der Waals surface area contributed by atoms with Crippen molar-refractivity contribution in [1.29, 1.82) is 0 Å². The van der Waals surface area contributed by atoms with Gasteiger partial charge in [0.15, 0.2) is 5.76 Å². The van der Waals surface area contributed by atoms with Crippen LogP contribution < -0.4 is 15.4 Å². The minimum atomic E-state index is -0.316. The lowest BCUT2D eigenvalue weighted by atomic mass is 10.1. The molecule has 0 bridgehead atoms. The van der Waals surface area contributed by atoms with Gasteiger partial charge in [-0.2, -0.15) is 0 Å². The number of furan rings is 1. The molecule has 1 aromatic carbocycles. The fourth-order valence-corrected chi connectivity index (χ4v) is 2.84. The first-order valence-electron chi connectivity index (χ1n) is 9.23. The predicted molar refractivity (Wildman–Crippen MR) is 113 cm³/mol. The van der Waals surface area contributed by atoms with E-state index in [1.165, 1.54) is 6.26 Å². The highest BCUT2D eigenvalue weighted by Crippen LogP contribution is 2.32. The second-order valence-corrected chi connectivity index (χ2v) is 6.39. The Hall–Kier alpha value is -4.20. The molecule has 30 heavy (non-hydrogen) atoms. The molecule has 0 fully saturated rings. The SMILES string of the molecule is CNc1nccc(-c2cccnc2Oc2ccc(NC(=O)c3ccco3)cc2C)n1. The molecule has 0 spiro atoms. The molecule has 0 aliphatic rings. The summed E-state index contributed by atoms with van der Waals surface area (Å²) in [7, 11) is 1.76. The van der Waals surface area contributed by atoms with Gasteiger partial charge in [0.2, 0.25) is 11.8 Å². The van der Waals surface area contributed by atoms with Crippen molar-refractivity contribution in [3.05, 3.63) is 78.5 Å². The van der Waals surface area contributed by atoms with Crippen LogP contribution in [-0.2, 0) is 0 Å². The Kier molecular flexibility index (Phi) is 5.38. The van der Waals surface area contributed by atoms with Crippen molar-refractivity contribution in [2.75, 3.05) is 17.7 Å². The van der Waals surface area contributed by atoms with Crippen molar-refractivity contribution in [3.63, 3.8) is 0 Å². The number of benzene rings is 1. The molecule has 0 radical (unpaired) electrons. The number of pyridine rings is 1. The third-order valence-electron chi connectivity index (χ3n) is 4.31. The van der Waals surface area contributed by atoms with E-state index in [-0.39, 0.29) is 11.7 Å². The zero-order chi connectivity index (χ0) is 20.9. The molecule has 4 rings (SSSR count). The number of nitrogens with one attached hydrogen (secondary N) is 2. The number of aromatic nitrogens is 3. The van der Waals surface area contributed by atoms with Crippen LogP contribution in [0, 0.1) is 6.92 Å². The van der Waals surface area contributed by atoms with Crippen LogP contribution >= 0.6 is 0 Å². The highest BCUT2D eigenvalue weighted by atomic mass is 16.5. The van der Waals surface area contributed by atoms with E-state index < -0.39 is 0 Å². The van der Waals surface area contributed by atoms with E-state index >= 15 is 0 Å². The molecule has 1 amide bonds. The fraction of sp³-hybridized carbons (Fsp3) is 0.0909. The minimum absolute atomic E-state index is 0.247. The van der Waals surface area contributed by atoms with Gasteiger partial charge < -0.3 is 19.8 Å². The third-order valence-corrected chi connectivity index (χ3v) is 4.31. The van der Waals surface area contributed by atoms with Crippen LogP contribution in [0.25, 0.3) is 11.3 Å². The van der Waals surface area contributed by atoms with Gasteiger partial charge in [-0.1, -0.05) is 0 Å². The number of amides is 1. The van der Waals surface area contributed by atoms with Gasteiger partial charge in [0.25, 0.3) is 5.91 Å². The van der Waals surface area contributed by atoms with Gasteiger partial charge >= 0.3 is 0 Å². The number of nitrogens with zero attached hydrogens (tertiary/aromatic N) is 3. The highest BCUT2D eigenvalue weighted by molar-refractivity contribution is 6.02. The van der Waals surface area contributed by atoms with E-state index in [0.29, 0.717) is 29.0 Å². The lowest BCUT2D eigenvalue weighted by Gasteiger charge is -2.13. The number of rotatable bonds is 6. The predicted octanol–water partition coefficient (Wildman–Crippen LogP) is 4.53. The summed E-state index contributed by atoms with van der Waals surface area (Å²) in [5, 5.41) is 5.72. The van der Waals surface area contributed by atoms with Gasteiger partial charge in [0.1, 0.15) is 5.75 Å². The van der Waals surface area contributed by atoms with E-state index in [2.05, 4.69) is 25.6 Å². The molecule has 0 unspecified atom stereocenters. The smallest absolute Gasteiger partial charge is 0.291 e. The topological polar surface area (TPSA) is 102 Å². The molecule has 0 aliphatic heterocycles. The van der Waals surface area contributed by atoms with E-state index in [1.807, 2.05) is 25.1 Å². The molecule has 0 saturated heterocycles. The average Bonchev–Trinajstić information content (AvgIpc) is 3.31. The Morgan fingerprint density at radius 1 is 1.07 bits per heavy atom. The van der Waals surface area contributed by atoms with Gasteiger partial charge in [-0.3, -0.25) is 4.79 Å². The lowest BCUT2D eigenvalue weighted by molar-refractivity contribution is 0.0996. The largest absolute Gasteiger partial charge is 0.459 e. The summed E-state index contributed by atoms with van der Waals surface area (Å²) in [6.07, 6.45) is 4.79. The standard InChI is InChI=1S/C22H19N5O3/c1-14-13-15(26-20(28)19-6-4-12-29-19)7-8-18(14)30-21-16(5-3-10-24-21)17-9-11-25-22(23-2)27-17/h3-13H,1-2H3,(H,26,28)(H,23,25,27). The molecule has 0 saturated carbocycles. The molecule has 0 atom stereocenters. The summed E-state index contributed by atoms with van der Waals surface area (Å²) in [5.74, 6) is 1.48. The van der Waals surface area contributed by atoms with Crippen molar-refractivity contribution in [1.82, 2.24) is 15.0 Å². The number of carbonyl (C=O) groups is 1. The molecule has 2 N–H and O–H groups in total. The van der Waals surface area contributed by atoms with Crippen molar-refractivity contribution < 1.29 is 13.9 Å². The van der Waals surface area contributed by atoms with E-state index in [1.54, 1.807) is 49.8 Å². The van der Waals surface area contributed by atoms with Gasteiger partial charge in [0.05, 0.1) is 17.5 Å². The number of anilines is 2. The van der Waals surface area contributed by atoms with E-state index in [4.69, 9.17) is 9.15 Å². The molecular formula is C22H19N5O3. The zero-order valence-corrected chi connectivity index (χ0v) is 16.4. The first-order chi connectivity index (χ1) is 14.6. The van der Waals surface area contributed by atoms with E-state index in [0.717, 1.165) is 11.1 Å². The second kappa shape index (κ2) is 8.44. The van der Waals surface area contributed by atoms with Crippen LogP contribution in [0.2, 0.25) is 0 Å². The highest BCUT2D eigenvalue weighted by Gasteiger charge is 2.13. The van der Waals surface area contributed by atoms with Crippen LogP contribution in [0.3, 0.4) is 0 Å². The van der Waals surface area contributed by atoms with Crippen molar-refractivity contribution >= 4 is 17.5 Å². The van der Waals surface area contributed by atoms with Crippen LogP contribution in [0.5, 0.6) is 11.6 Å². The Balaban J connectivity index is 1.57. The Morgan fingerprint density at radius 2 is 1.97 bits per heavy atom. The summed E-state index contributed by atoms with van der Waals surface area (Å²) in [4.78, 5) is 25.1. The number of ether oxygens (including phenoxy) is 1. The van der Waals surface area contributed by atoms with Gasteiger partial charge in [0, 0.05) is 25.1 Å². The maximum atomic E-state index is 12.2. The molecule has 8 heteroatoms. The molecule has 0 aliphatic carbocycles. The van der Waals surface area contributed by atoms with Crippen LogP contribution in [0.4, 0.5) is 11.6 Å². The van der Waals surface area contributed by atoms with Gasteiger partial charge in [-0.25, -0.2) is 15.0 Å². The van der Waals surface area contributed by atoms with Gasteiger partial charge in [-0.05, 0) is 61.0 Å². The van der Waals surface area contributed by atoms with Gasteiger partial charge in [-0.15, -0.1) is 0 Å². The number of carbonyl (C=O) groups excluding carboxylic acids is 1. The van der Waals surface area contributed by atoms with Crippen molar-refractivity contribution in [2.45, 2.75) is 6.92 Å².